The molecular formula is C7H11BNO2S. The molecule has 12 heavy (non-hydrogen) atoms. The van der Waals surface area contributed by atoms with Gasteiger partial charge in [0.15, 0.2) is 0 Å². The van der Waals surface area contributed by atoms with E-state index in [1.165, 1.54) is 4.81 Å². The minimum atomic E-state index is -0.425. The molecule has 1 rings (SSSR count). The Kier molecular flexibility index (Phi) is 3.20. The predicted molar refractivity (Wildman–Crippen MR) is 50.1 cm³/mol. The Balaban J connectivity index is 2.52. The average Bonchev–Trinajstić information content (AvgIpc) is 2.25. The van der Waals surface area contributed by atoms with Crippen molar-refractivity contribution in [2.24, 2.45) is 0 Å². The zero-order chi connectivity index (χ0) is 9.14. The van der Waals surface area contributed by atoms with Gasteiger partial charge in [0, 0.05) is 6.42 Å². The van der Waals surface area contributed by atoms with Crippen LogP contribution in [0.15, 0.2) is 0 Å². The normalized spacial score (nSPS) is 23.5. The molecule has 1 fully saturated rings. The van der Waals surface area contributed by atoms with Crippen molar-refractivity contribution in [2.45, 2.75) is 31.3 Å². The molecule has 1 aliphatic rings. The zero-order valence-corrected chi connectivity index (χ0v) is 7.88. The fourth-order valence-electron chi connectivity index (χ4n) is 1.08. The van der Waals surface area contributed by atoms with Crippen LogP contribution in [-0.4, -0.2) is 29.3 Å². The van der Waals surface area contributed by atoms with Crippen molar-refractivity contribution in [3.63, 3.8) is 0 Å². The predicted octanol–water partition coefficient (Wildman–Crippen LogP) is 0.491. The van der Waals surface area contributed by atoms with Crippen LogP contribution in [0.25, 0.3) is 0 Å². The third-order valence-electron chi connectivity index (χ3n) is 1.76. The molecule has 1 unspecified atom stereocenters. The van der Waals surface area contributed by atoms with Crippen LogP contribution in [0.4, 0.5) is 0 Å². The molecule has 0 aromatic heterocycles. The van der Waals surface area contributed by atoms with Gasteiger partial charge in [-0.05, 0) is 0 Å². The van der Waals surface area contributed by atoms with E-state index in [0.29, 0.717) is 0 Å². The second-order valence-electron chi connectivity index (χ2n) is 2.79. The van der Waals surface area contributed by atoms with Crippen molar-refractivity contribution in [2.75, 3.05) is 0 Å². The largest absolute Gasteiger partial charge is 0.333 e. The highest BCUT2D eigenvalue weighted by Gasteiger charge is 2.35. The van der Waals surface area contributed by atoms with Crippen molar-refractivity contribution in [3.05, 3.63) is 0 Å². The van der Waals surface area contributed by atoms with Crippen LogP contribution in [-0.2, 0) is 9.59 Å². The molecule has 1 atom stereocenters. The van der Waals surface area contributed by atoms with Crippen LogP contribution in [0.1, 0.15) is 19.8 Å². The summed E-state index contributed by atoms with van der Waals surface area (Å²) in [6, 6.07) is 0. The highest BCUT2D eigenvalue weighted by molar-refractivity contribution is 7.81. The Hall–Kier alpha value is -0.445. The van der Waals surface area contributed by atoms with Crippen molar-refractivity contribution >= 4 is 31.9 Å². The zero-order valence-electron chi connectivity index (χ0n) is 6.99. The van der Waals surface area contributed by atoms with Gasteiger partial charge in [-0.25, -0.2) is 0 Å². The quantitative estimate of drug-likeness (QED) is 0.393. The Morgan fingerprint density at radius 1 is 1.67 bits per heavy atom. The summed E-state index contributed by atoms with van der Waals surface area (Å²) >= 11 is 4.00. The fraction of sp³-hybridized carbons (Fsp3) is 0.714. The van der Waals surface area contributed by atoms with Crippen LogP contribution in [0, 0.1) is 0 Å². The van der Waals surface area contributed by atoms with Crippen molar-refractivity contribution in [1.29, 1.82) is 0 Å². The lowest BCUT2D eigenvalue weighted by molar-refractivity contribution is -0.132. The van der Waals surface area contributed by atoms with E-state index in [4.69, 9.17) is 0 Å². The molecule has 1 radical (unpaired) electrons. The molecule has 1 saturated heterocycles. The van der Waals surface area contributed by atoms with Crippen molar-refractivity contribution in [3.8, 4) is 0 Å². The topological polar surface area (TPSA) is 37.4 Å². The van der Waals surface area contributed by atoms with Gasteiger partial charge in [-0.3, -0.25) is 9.59 Å². The number of amides is 2. The molecule has 0 spiro atoms. The van der Waals surface area contributed by atoms with Gasteiger partial charge in [0.2, 0.25) is 11.8 Å². The summed E-state index contributed by atoms with van der Waals surface area (Å²) in [5.41, 5.74) is 0. The maximum Gasteiger partial charge on any atom is 0.260 e. The van der Waals surface area contributed by atoms with Crippen molar-refractivity contribution in [1.82, 2.24) is 4.81 Å². The number of thiol groups is 1. The molecule has 2 amide bonds. The number of hydrogen-bond acceptors (Lipinski definition) is 3. The second-order valence-corrected chi connectivity index (χ2v) is 3.42. The van der Waals surface area contributed by atoms with Gasteiger partial charge in [-0.2, -0.15) is 12.6 Å². The molecule has 0 N–H and O–H groups in total. The van der Waals surface area contributed by atoms with E-state index in [2.05, 4.69) is 12.6 Å². The van der Waals surface area contributed by atoms with Crippen LogP contribution >= 0.6 is 12.6 Å². The van der Waals surface area contributed by atoms with E-state index in [9.17, 15) is 9.59 Å². The number of carbonyl (C=O) groups excluding carboxylic acids is 2. The Morgan fingerprint density at radius 3 is 2.75 bits per heavy atom. The van der Waals surface area contributed by atoms with E-state index < -0.39 is 5.25 Å². The van der Waals surface area contributed by atoms with Gasteiger partial charge in [0.25, 0.3) is 7.41 Å². The molecule has 0 aromatic rings. The Morgan fingerprint density at radius 2 is 2.33 bits per heavy atom. The molecule has 0 aromatic carbocycles. The molecular weight excluding hydrogens is 173 g/mol. The van der Waals surface area contributed by atoms with E-state index in [1.807, 2.05) is 6.92 Å². The summed E-state index contributed by atoms with van der Waals surface area (Å²) in [4.78, 5) is 23.5. The highest BCUT2D eigenvalue weighted by atomic mass is 32.1. The van der Waals surface area contributed by atoms with Gasteiger partial charge < -0.3 is 4.81 Å². The monoisotopic (exact) mass is 184 g/mol. The molecule has 1 aliphatic heterocycles. The molecule has 3 nitrogen and oxygen atoms in total. The van der Waals surface area contributed by atoms with E-state index in [1.54, 1.807) is 7.41 Å². The first-order valence-electron chi connectivity index (χ1n) is 4.04. The van der Waals surface area contributed by atoms with Crippen LogP contribution < -0.4 is 0 Å². The third-order valence-corrected chi connectivity index (χ3v) is 2.16. The molecule has 5 heteroatoms. The Labute approximate surface area is 78.2 Å². The minimum absolute atomic E-state index is 0.131. The standard InChI is InChI=1S/C7H11BNO2S/c1-2-3-8-9-6(10)4-5(12)7(9)11/h5,12H,2-4H2,1H3. The van der Waals surface area contributed by atoms with Crippen molar-refractivity contribution < 1.29 is 9.59 Å². The lowest BCUT2D eigenvalue weighted by Crippen LogP contribution is -2.34. The lowest BCUT2D eigenvalue weighted by atomic mass is 9.85. The molecule has 0 bridgehead atoms. The minimum Gasteiger partial charge on any atom is -0.333 e. The summed E-state index contributed by atoms with van der Waals surface area (Å²) in [6.45, 7) is 2.00. The summed E-state index contributed by atoms with van der Waals surface area (Å²) < 4.78 is 0. The first kappa shape index (κ1) is 9.64. The van der Waals surface area contributed by atoms with E-state index >= 15 is 0 Å². The first-order chi connectivity index (χ1) is 5.66. The van der Waals surface area contributed by atoms with Gasteiger partial charge in [0.05, 0.1) is 5.25 Å². The second kappa shape index (κ2) is 3.98. The van der Waals surface area contributed by atoms with Crippen LogP contribution in [0.3, 0.4) is 0 Å². The maximum atomic E-state index is 11.2. The highest BCUT2D eigenvalue weighted by Crippen LogP contribution is 2.17. The smallest absolute Gasteiger partial charge is 0.260 e. The van der Waals surface area contributed by atoms with E-state index in [0.717, 1.165) is 12.7 Å². The number of nitrogens with zero attached hydrogens (tertiary/aromatic N) is 1. The van der Waals surface area contributed by atoms with Gasteiger partial charge in [0.1, 0.15) is 0 Å². The molecule has 1 heterocycles. The van der Waals surface area contributed by atoms with Gasteiger partial charge in [-0.15, -0.1) is 0 Å². The molecule has 0 saturated carbocycles. The maximum absolute atomic E-state index is 11.2. The first-order valence-corrected chi connectivity index (χ1v) is 4.55. The third kappa shape index (κ3) is 1.83. The van der Waals surface area contributed by atoms with Gasteiger partial charge in [-0.1, -0.05) is 19.7 Å². The number of rotatable bonds is 3. The number of hydrogen-bond donors (Lipinski definition) is 1. The summed E-state index contributed by atoms with van der Waals surface area (Å²) in [5.74, 6) is -0.315. The summed E-state index contributed by atoms with van der Waals surface area (Å²) in [7, 11) is 1.65. The molecule has 0 aliphatic carbocycles. The fourth-order valence-corrected chi connectivity index (χ4v) is 1.37. The Bertz CT molecular complexity index is 210. The lowest BCUT2D eigenvalue weighted by Gasteiger charge is -2.11. The average molecular weight is 184 g/mol. The SMILES string of the molecule is CCC[B]N1C(=O)CC(S)C1=O. The van der Waals surface area contributed by atoms with Crippen LogP contribution in [0.5, 0.6) is 0 Å². The summed E-state index contributed by atoms with van der Waals surface area (Å²) in [5, 5.41) is -0.425. The van der Waals surface area contributed by atoms with Crippen LogP contribution in [0.2, 0.25) is 6.32 Å². The number of carbonyl (C=O) groups is 2. The summed E-state index contributed by atoms with van der Waals surface area (Å²) in [6.07, 6.45) is 1.94. The molecule has 65 valence electrons. The van der Waals surface area contributed by atoms with Gasteiger partial charge >= 0.3 is 0 Å². The van der Waals surface area contributed by atoms with E-state index in [-0.39, 0.29) is 18.2 Å². The number of imide groups is 1.